The first-order valence-electron chi connectivity index (χ1n) is 11.8. The van der Waals surface area contributed by atoms with Crippen LogP contribution in [0, 0.1) is 10.6 Å². The lowest BCUT2D eigenvalue weighted by molar-refractivity contribution is 0.248. The highest BCUT2D eigenvalue weighted by Crippen LogP contribution is 2.27. The van der Waals surface area contributed by atoms with E-state index in [1.807, 2.05) is 21.6 Å². The second kappa shape index (κ2) is 8.85. The number of nitrogens with zero attached hydrogens (tertiary/aromatic N) is 7. The number of fused-ring (bicyclic) bond motifs is 3. The van der Waals surface area contributed by atoms with E-state index in [0.29, 0.717) is 47.9 Å². The van der Waals surface area contributed by atoms with E-state index in [0.717, 1.165) is 25.2 Å². The normalized spacial score (nSPS) is 16.5. The maximum Gasteiger partial charge on any atom is 0.223 e. The molecule has 37 heavy (non-hydrogen) atoms. The van der Waals surface area contributed by atoms with Gasteiger partial charge in [-0.2, -0.15) is 14.6 Å². The van der Waals surface area contributed by atoms with Crippen molar-refractivity contribution in [1.82, 2.24) is 29.0 Å². The molecule has 5 aromatic rings. The molecule has 13 heteroatoms. The summed E-state index contributed by atoms with van der Waals surface area (Å²) in [5.41, 5.74) is 9.52. The lowest BCUT2D eigenvalue weighted by atomic mass is 10.2. The van der Waals surface area contributed by atoms with Crippen molar-refractivity contribution in [2.24, 2.45) is 0 Å². The molecule has 0 radical (unpaired) electrons. The largest absolute Gasteiger partial charge is 0.463 e. The van der Waals surface area contributed by atoms with E-state index in [-0.39, 0.29) is 10.8 Å². The van der Waals surface area contributed by atoms with Crippen molar-refractivity contribution in [3.05, 3.63) is 54.8 Å². The minimum absolute atomic E-state index is 0.208. The molecule has 192 valence electrons. The van der Waals surface area contributed by atoms with Gasteiger partial charge in [0.25, 0.3) is 0 Å². The van der Waals surface area contributed by atoms with Crippen molar-refractivity contribution in [1.29, 1.82) is 4.78 Å². The van der Waals surface area contributed by atoms with Crippen molar-refractivity contribution < 1.29 is 13.0 Å². The van der Waals surface area contributed by atoms with Gasteiger partial charge in [0.2, 0.25) is 5.95 Å². The van der Waals surface area contributed by atoms with Crippen molar-refractivity contribution in [2.45, 2.75) is 11.4 Å². The van der Waals surface area contributed by atoms with Gasteiger partial charge in [0.15, 0.2) is 11.4 Å². The molecule has 1 unspecified atom stereocenters. The fourth-order valence-corrected chi connectivity index (χ4v) is 5.37. The summed E-state index contributed by atoms with van der Waals surface area (Å²) in [5.74, 6) is 0.475. The Morgan fingerprint density at radius 3 is 2.68 bits per heavy atom. The summed E-state index contributed by atoms with van der Waals surface area (Å²) < 4.78 is 43.3. The van der Waals surface area contributed by atoms with Gasteiger partial charge >= 0.3 is 0 Å². The quantitative estimate of drug-likeness (QED) is 0.347. The highest BCUT2D eigenvalue weighted by Gasteiger charge is 2.21. The van der Waals surface area contributed by atoms with Gasteiger partial charge in [-0.3, -0.25) is 4.90 Å². The van der Waals surface area contributed by atoms with E-state index in [9.17, 15) is 8.60 Å². The summed E-state index contributed by atoms with van der Waals surface area (Å²) in [6, 6.07) is 9.96. The molecular weight excluding hydrogens is 497 g/mol. The number of nitrogens with two attached hydrogens (primary N) is 1. The molecule has 3 N–H and O–H groups in total. The first kappa shape index (κ1) is 23.4. The third kappa shape index (κ3) is 4.29. The SMILES string of the molecule is CS(=N)(=O)c1ccc(N2CCN(CCn3cnc4c3nc(N)n3nc(-c5ccco5)cc43)CC2)c(F)c1. The molecule has 0 amide bonds. The predicted octanol–water partition coefficient (Wildman–Crippen LogP) is 2.92. The van der Waals surface area contributed by atoms with Gasteiger partial charge in [-0.25, -0.2) is 18.4 Å². The van der Waals surface area contributed by atoms with Crippen molar-refractivity contribution in [2.75, 3.05) is 49.6 Å². The van der Waals surface area contributed by atoms with Crippen LogP contribution < -0.4 is 10.6 Å². The number of anilines is 2. The number of benzene rings is 1. The van der Waals surface area contributed by atoms with E-state index >= 15 is 0 Å². The van der Waals surface area contributed by atoms with Gasteiger partial charge in [-0.05, 0) is 36.4 Å². The molecule has 1 aliphatic heterocycles. The Labute approximate surface area is 212 Å². The summed E-state index contributed by atoms with van der Waals surface area (Å²) >= 11 is 0. The Morgan fingerprint density at radius 2 is 1.97 bits per heavy atom. The predicted molar refractivity (Wildman–Crippen MR) is 138 cm³/mol. The fraction of sp³-hybridized carbons (Fsp3) is 0.292. The zero-order valence-electron chi connectivity index (χ0n) is 20.2. The van der Waals surface area contributed by atoms with Crippen molar-refractivity contribution >= 4 is 38.0 Å². The Balaban J connectivity index is 1.14. The van der Waals surface area contributed by atoms with Gasteiger partial charge in [0.05, 0.1) is 28.0 Å². The number of hydrogen-bond donors (Lipinski definition) is 2. The first-order valence-corrected chi connectivity index (χ1v) is 13.8. The van der Waals surface area contributed by atoms with Gasteiger partial charge in [-0.15, -0.1) is 0 Å². The van der Waals surface area contributed by atoms with E-state index in [1.165, 1.54) is 12.3 Å². The van der Waals surface area contributed by atoms with Crippen LogP contribution in [0.15, 0.2) is 58.3 Å². The lowest BCUT2D eigenvalue weighted by Crippen LogP contribution is -2.47. The van der Waals surface area contributed by atoms with Crippen LogP contribution in [0.3, 0.4) is 0 Å². The van der Waals surface area contributed by atoms with E-state index in [4.69, 9.17) is 14.9 Å². The fourth-order valence-electron chi connectivity index (χ4n) is 4.71. The summed E-state index contributed by atoms with van der Waals surface area (Å²) in [5, 5.41) is 4.51. The van der Waals surface area contributed by atoms with Crippen LogP contribution in [0.5, 0.6) is 0 Å². The zero-order valence-corrected chi connectivity index (χ0v) is 21.0. The molecule has 0 saturated carbocycles. The molecule has 0 spiro atoms. The summed E-state index contributed by atoms with van der Waals surface area (Å²) in [6.07, 6.45) is 4.66. The number of rotatable bonds is 6. The number of nitrogen functional groups attached to an aromatic ring is 1. The van der Waals surface area contributed by atoms with E-state index in [1.54, 1.807) is 35.3 Å². The molecule has 5 heterocycles. The summed E-state index contributed by atoms with van der Waals surface area (Å²) in [6.45, 7) is 4.33. The maximum absolute atomic E-state index is 14.7. The Kier molecular flexibility index (Phi) is 5.60. The first-order chi connectivity index (χ1) is 17.8. The van der Waals surface area contributed by atoms with Crippen molar-refractivity contribution in [3.63, 3.8) is 0 Å². The topological polar surface area (TPSA) is 135 Å². The number of imidazole rings is 1. The smallest absolute Gasteiger partial charge is 0.223 e. The molecule has 0 bridgehead atoms. The third-order valence-corrected chi connectivity index (χ3v) is 7.87. The van der Waals surface area contributed by atoms with Crippen LogP contribution in [-0.4, -0.2) is 72.2 Å². The minimum Gasteiger partial charge on any atom is -0.463 e. The number of aromatic nitrogens is 5. The van der Waals surface area contributed by atoms with Crippen LogP contribution in [0.25, 0.3) is 28.1 Å². The van der Waals surface area contributed by atoms with E-state index < -0.39 is 15.5 Å². The maximum atomic E-state index is 14.7. The number of hydrogen-bond acceptors (Lipinski definition) is 9. The van der Waals surface area contributed by atoms with Gasteiger partial charge in [-0.1, -0.05) is 0 Å². The Bertz CT molecular complexity index is 1700. The molecule has 1 aromatic carbocycles. The third-order valence-electron chi connectivity index (χ3n) is 6.71. The number of nitrogens with one attached hydrogen (secondary N) is 1. The van der Waals surface area contributed by atoms with Gasteiger partial charge < -0.3 is 19.6 Å². The molecule has 1 fully saturated rings. The average Bonchev–Trinajstić information content (AvgIpc) is 3.62. The minimum atomic E-state index is -2.95. The molecular formula is C24H26FN9O2S. The molecule has 0 aliphatic carbocycles. The number of piperazine rings is 1. The van der Waals surface area contributed by atoms with Gasteiger partial charge in [0, 0.05) is 50.4 Å². The number of furan rings is 1. The average molecular weight is 524 g/mol. The van der Waals surface area contributed by atoms with Gasteiger partial charge in [0.1, 0.15) is 22.5 Å². The standard InChI is InChI=1S/C24H26FN9O2S/c1-37(27,35)16-4-5-19(17(25)13-16)32-9-6-31(7-10-32)8-11-33-15-28-22-20-14-18(21-3-2-12-36-21)30-34(20)24(26)29-23(22)33/h2-5,12-15,27H,6-11H2,1H3,(H2,26,29). The summed E-state index contributed by atoms with van der Waals surface area (Å²) in [7, 11) is -2.95. The van der Waals surface area contributed by atoms with Crippen LogP contribution >= 0.6 is 0 Å². The highest BCUT2D eigenvalue weighted by atomic mass is 32.2. The molecule has 11 nitrogen and oxygen atoms in total. The second-order valence-corrected chi connectivity index (χ2v) is 11.3. The van der Waals surface area contributed by atoms with Crippen LogP contribution in [0.2, 0.25) is 0 Å². The molecule has 1 aliphatic rings. The molecule has 6 rings (SSSR count). The van der Waals surface area contributed by atoms with Crippen LogP contribution in [-0.2, 0) is 16.3 Å². The number of halogens is 1. The molecule has 4 aromatic heterocycles. The molecule has 1 saturated heterocycles. The highest BCUT2D eigenvalue weighted by molar-refractivity contribution is 7.91. The lowest BCUT2D eigenvalue weighted by Gasteiger charge is -2.36. The molecule has 1 atom stereocenters. The Morgan fingerprint density at radius 1 is 1.16 bits per heavy atom. The van der Waals surface area contributed by atoms with Crippen LogP contribution in [0.4, 0.5) is 16.0 Å². The van der Waals surface area contributed by atoms with Crippen LogP contribution in [0.1, 0.15) is 0 Å². The monoisotopic (exact) mass is 523 g/mol. The summed E-state index contributed by atoms with van der Waals surface area (Å²) in [4.78, 5) is 13.6. The van der Waals surface area contributed by atoms with Crippen molar-refractivity contribution in [3.8, 4) is 11.5 Å². The zero-order chi connectivity index (χ0) is 25.7. The van der Waals surface area contributed by atoms with E-state index in [2.05, 4.69) is 20.0 Å². The Hall–Kier alpha value is -3.97. The second-order valence-electron chi connectivity index (χ2n) is 9.17.